The molecule has 27 heavy (non-hydrogen) atoms. The molecule has 0 aliphatic rings. The van der Waals surface area contributed by atoms with Crippen molar-refractivity contribution in [1.29, 1.82) is 0 Å². The second kappa shape index (κ2) is 8.84. The molecule has 2 aromatic carbocycles. The number of carbonyl (C=O) groups excluding carboxylic acids is 1. The third-order valence-corrected chi connectivity index (χ3v) is 4.76. The Bertz CT molecular complexity index is 934. The molecule has 1 heterocycles. The van der Waals surface area contributed by atoms with E-state index in [1.165, 1.54) is 6.20 Å². The van der Waals surface area contributed by atoms with E-state index >= 15 is 0 Å². The van der Waals surface area contributed by atoms with E-state index in [4.69, 9.17) is 23.2 Å². The van der Waals surface area contributed by atoms with Crippen LogP contribution in [0.4, 0.5) is 0 Å². The molecule has 0 aliphatic carbocycles. The summed E-state index contributed by atoms with van der Waals surface area (Å²) in [7, 11) is 0. The number of amides is 1. The predicted octanol–water partition coefficient (Wildman–Crippen LogP) is 3.78. The van der Waals surface area contributed by atoms with Gasteiger partial charge in [-0.3, -0.25) is 9.59 Å². The first-order chi connectivity index (χ1) is 13.0. The number of hydrogen-bond donors (Lipinski definition) is 0. The molecule has 138 valence electrons. The Morgan fingerprint density at radius 3 is 1.96 bits per heavy atom. The fourth-order valence-corrected chi connectivity index (χ4v) is 2.90. The van der Waals surface area contributed by atoms with Gasteiger partial charge in [0, 0.05) is 13.1 Å². The fourth-order valence-electron chi connectivity index (χ4n) is 2.63. The first kappa shape index (κ1) is 19.1. The minimum absolute atomic E-state index is 0.0655. The molecule has 3 rings (SSSR count). The lowest BCUT2D eigenvalue weighted by molar-refractivity contribution is -0.133. The highest BCUT2D eigenvalue weighted by Gasteiger charge is 2.18. The molecule has 0 saturated carbocycles. The van der Waals surface area contributed by atoms with Crippen molar-refractivity contribution in [3.8, 4) is 0 Å². The standard InChI is InChI=1S/C20H17Cl2N3O2/c21-17-11-23-25(20(27)19(17)22)14-18(26)24(12-15-7-3-1-4-8-15)13-16-9-5-2-6-10-16/h1-11H,12-14H2. The summed E-state index contributed by atoms with van der Waals surface area (Å²) in [4.78, 5) is 26.8. The highest BCUT2D eigenvalue weighted by atomic mass is 35.5. The summed E-state index contributed by atoms with van der Waals surface area (Å²) < 4.78 is 1.03. The van der Waals surface area contributed by atoms with Crippen LogP contribution in [0.15, 0.2) is 71.7 Å². The Morgan fingerprint density at radius 2 is 1.44 bits per heavy atom. The summed E-state index contributed by atoms with van der Waals surface area (Å²) in [5, 5.41) is 3.84. The lowest BCUT2D eigenvalue weighted by atomic mass is 10.1. The maximum atomic E-state index is 12.9. The zero-order valence-corrected chi connectivity index (χ0v) is 15.9. The highest BCUT2D eigenvalue weighted by molar-refractivity contribution is 6.41. The van der Waals surface area contributed by atoms with Crippen LogP contribution in [-0.4, -0.2) is 20.6 Å². The van der Waals surface area contributed by atoms with Crippen LogP contribution >= 0.6 is 23.2 Å². The minimum atomic E-state index is -0.586. The third-order valence-electron chi connectivity index (χ3n) is 4.01. The normalized spacial score (nSPS) is 10.6. The molecule has 0 spiro atoms. The van der Waals surface area contributed by atoms with Gasteiger partial charge in [-0.15, -0.1) is 0 Å². The van der Waals surface area contributed by atoms with Crippen LogP contribution in [0.5, 0.6) is 0 Å². The van der Waals surface area contributed by atoms with Crippen molar-refractivity contribution in [3.63, 3.8) is 0 Å². The summed E-state index contributed by atoms with van der Waals surface area (Å²) in [6, 6.07) is 19.3. The van der Waals surface area contributed by atoms with Crippen molar-refractivity contribution in [2.45, 2.75) is 19.6 Å². The Hall–Kier alpha value is -2.63. The smallest absolute Gasteiger partial charge is 0.287 e. The van der Waals surface area contributed by atoms with Crippen LogP contribution in [0.2, 0.25) is 10.0 Å². The van der Waals surface area contributed by atoms with Gasteiger partial charge in [0.25, 0.3) is 5.56 Å². The summed E-state index contributed by atoms with van der Waals surface area (Å²) >= 11 is 11.7. The molecular formula is C20H17Cl2N3O2. The van der Waals surface area contributed by atoms with Crippen molar-refractivity contribution in [1.82, 2.24) is 14.7 Å². The fraction of sp³-hybridized carbons (Fsp3) is 0.150. The van der Waals surface area contributed by atoms with Gasteiger partial charge in [-0.1, -0.05) is 83.9 Å². The van der Waals surface area contributed by atoms with E-state index in [1.54, 1.807) is 4.90 Å². The maximum absolute atomic E-state index is 12.9. The number of rotatable bonds is 6. The second-order valence-corrected chi connectivity index (χ2v) is 6.78. The van der Waals surface area contributed by atoms with Crippen molar-refractivity contribution in [2.24, 2.45) is 0 Å². The minimum Gasteiger partial charge on any atom is -0.332 e. The van der Waals surface area contributed by atoms with E-state index in [1.807, 2.05) is 60.7 Å². The van der Waals surface area contributed by atoms with E-state index < -0.39 is 5.56 Å². The number of hydrogen-bond acceptors (Lipinski definition) is 3. The van der Waals surface area contributed by atoms with Crippen molar-refractivity contribution in [3.05, 3.63) is 98.4 Å². The summed E-state index contributed by atoms with van der Waals surface area (Å²) in [5.41, 5.74) is 1.41. The average Bonchev–Trinajstić information content (AvgIpc) is 2.69. The second-order valence-electron chi connectivity index (χ2n) is 5.99. The SMILES string of the molecule is O=C(Cn1ncc(Cl)c(Cl)c1=O)N(Cc1ccccc1)Cc1ccccc1. The lowest BCUT2D eigenvalue weighted by Crippen LogP contribution is -2.36. The van der Waals surface area contributed by atoms with Crippen LogP contribution in [0.1, 0.15) is 11.1 Å². The number of halogens is 2. The summed E-state index contributed by atoms with van der Waals surface area (Å²) in [5.74, 6) is -0.240. The summed E-state index contributed by atoms with van der Waals surface area (Å²) in [6.07, 6.45) is 1.26. The Balaban J connectivity index is 1.84. The Labute approximate surface area is 166 Å². The zero-order valence-electron chi connectivity index (χ0n) is 14.4. The molecule has 7 heteroatoms. The molecule has 0 atom stereocenters. The van der Waals surface area contributed by atoms with Gasteiger partial charge in [0.15, 0.2) is 0 Å². The first-order valence-electron chi connectivity index (χ1n) is 8.31. The van der Waals surface area contributed by atoms with Crippen LogP contribution in [0.3, 0.4) is 0 Å². The van der Waals surface area contributed by atoms with Gasteiger partial charge in [0.2, 0.25) is 5.91 Å². The quantitative estimate of drug-likeness (QED) is 0.631. The van der Waals surface area contributed by atoms with Crippen molar-refractivity contribution >= 4 is 29.1 Å². The van der Waals surface area contributed by atoms with Gasteiger partial charge in [-0.25, -0.2) is 4.68 Å². The lowest BCUT2D eigenvalue weighted by Gasteiger charge is -2.23. The van der Waals surface area contributed by atoms with Crippen LogP contribution in [0.25, 0.3) is 0 Å². The number of benzene rings is 2. The van der Waals surface area contributed by atoms with Crippen LogP contribution in [-0.2, 0) is 24.4 Å². The van der Waals surface area contributed by atoms with E-state index in [9.17, 15) is 9.59 Å². The maximum Gasteiger partial charge on any atom is 0.287 e. The van der Waals surface area contributed by atoms with Gasteiger partial charge in [-0.2, -0.15) is 5.10 Å². The number of carbonyl (C=O) groups is 1. The topological polar surface area (TPSA) is 55.2 Å². The molecule has 0 aliphatic heterocycles. The molecule has 0 bridgehead atoms. The molecule has 0 unspecified atom stereocenters. The third kappa shape index (κ3) is 4.96. The van der Waals surface area contributed by atoms with Gasteiger partial charge >= 0.3 is 0 Å². The van der Waals surface area contributed by atoms with Gasteiger partial charge in [-0.05, 0) is 11.1 Å². The Kier molecular flexibility index (Phi) is 6.27. The zero-order chi connectivity index (χ0) is 19.2. The molecule has 0 N–H and O–H groups in total. The monoisotopic (exact) mass is 401 g/mol. The van der Waals surface area contributed by atoms with Crippen LogP contribution in [0, 0.1) is 0 Å². The molecule has 0 saturated heterocycles. The van der Waals surface area contributed by atoms with Crippen LogP contribution < -0.4 is 5.56 Å². The average molecular weight is 402 g/mol. The van der Waals surface area contributed by atoms with Gasteiger partial charge < -0.3 is 4.90 Å². The van der Waals surface area contributed by atoms with E-state index in [0.29, 0.717) is 13.1 Å². The largest absolute Gasteiger partial charge is 0.332 e. The van der Waals surface area contributed by atoms with Gasteiger partial charge in [0.05, 0.1) is 11.2 Å². The molecule has 1 aromatic heterocycles. The van der Waals surface area contributed by atoms with Crippen molar-refractivity contribution in [2.75, 3.05) is 0 Å². The number of aromatic nitrogens is 2. The number of nitrogens with zero attached hydrogens (tertiary/aromatic N) is 3. The van der Waals surface area contributed by atoms with E-state index in [-0.39, 0.29) is 22.5 Å². The molecule has 3 aromatic rings. The Morgan fingerprint density at radius 1 is 0.926 bits per heavy atom. The summed E-state index contributed by atoms with van der Waals surface area (Å²) in [6.45, 7) is 0.630. The van der Waals surface area contributed by atoms with E-state index in [2.05, 4.69) is 5.10 Å². The van der Waals surface area contributed by atoms with Crippen molar-refractivity contribution < 1.29 is 4.79 Å². The first-order valence-corrected chi connectivity index (χ1v) is 9.07. The molecule has 5 nitrogen and oxygen atoms in total. The molecule has 0 radical (unpaired) electrons. The predicted molar refractivity (Wildman–Crippen MR) is 106 cm³/mol. The molecular weight excluding hydrogens is 385 g/mol. The molecule has 0 fully saturated rings. The van der Waals surface area contributed by atoms with E-state index in [0.717, 1.165) is 15.8 Å². The van der Waals surface area contributed by atoms with Gasteiger partial charge in [0.1, 0.15) is 11.6 Å². The highest BCUT2D eigenvalue weighted by Crippen LogP contribution is 2.15. The molecule has 1 amide bonds.